The van der Waals surface area contributed by atoms with Gasteiger partial charge in [-0.2, -0.15) is 0 Å². The Bertz CT molecular complexity index is 495. The predicted octanol–water partition coefficient (Wildman–Crippen LogP) is 2.72. The van der Waals surface area contributed by atoms with E-state index in [2.05, 4.69) is 55.2 Å². The Morgan fingerprint density at radius 2 is 2.15 bits per heavy atom. The van der Waals surface area contributed by atoms with Crippen LogP contribution in [0, 0.1) is 5.92 Å². The van der Waals surface area contributed by atoms with Crippen molar-refractivity contribution in [2.45, 2.75) is 45.2 Å². The Labute approximate surface area is 121 Å². The van der Waals surface area contributed by atoms with E-state index in [0.29, 0.717) is 5.92 Å². The van der Waals surface area contributed by atoms with Crippen molar-refractivity contribution >= 4 is 5.71 Å². The lowest BCUT2D eigenvalue weighted by Crippen LogP contribution is -2.97. The minimum Gasteiger partial charge on any atom is -0.411 e. The number of nitrogens with zero attached hydrogens (tertiary/aromatic N) is 1. The molecule has 1 aliphatic rings. The molecular formula is C17H25N2O+. The van der Waals surface area contributed by atoms with Gasteiger partial charge in [0, 0.05) is 18.4 Å². The van der Waals surface area contributed by atoms with Gasteiger partial charge in [-0.15, -0.1) is 0 Å². The molecule has 0 heterocycles. The highest BCUT2D eigenvalue weighted by Gasteiger charge is 2.40. The number of allylic oxidation sites excluding steroid dienone is 1. The first-order valence-corrected chi connectivity index (χ1v) is 7.30. The molecule has 1 aromatic rings. The fourth-order valence-electron chi connectivity index (χ4n) is 2.94. The maximum Gasteiger partial charge on any atom is 0.136 e. The highest BCUT2D eigenvalue weighted by molar-refractivity contribution is 5.92. The molecule has 0 spiro atoms. The summed E-state index contributed by atoms with van der Waals surface area (Å²) in [5.74, 6) is 0.458. The van der Waals surface area contributed by atoms with Gasteiger partial charge in [0.15, 0.2) is 0 Å². The standard InChI is InChI=1S/C17H24N2O/c1-13(2)15-9-10-17(3,16(11-15)19-20)18-12-14-7-5-4-6-8-14/h4-8,15,18,20H,1,9-12H2,2-3H3/p+1/b19-16-/t15-,17+/m1/s1. The molecule has 2 atom stereocenters. The second-order valence-corrected chi connectivity index (χ2v) is 6.14. The van der Waals surface area contributed by atoms with E-state index in [1.165, 1.54) is 11.1 Å². The van der Waals surface area contributed by atoms with Crippen LogP contribution in [-0.2, 0) is 6.54 Å². The van der Waals surface area contributed by atoms with Gasteiger partial charge in [0.1, 0.15) is 17.8 Å². The molecule has 0 bridgehead atoms. The number of oxime groups is 1. The Kier molecular flexibility index (Phi) is 4.61. The van der Waals surface area contributed by atoms with E-state index in [0.717, 1.165) is 31.5 Å². The van der Waals surface area contributed by atoms with Crippen LogP contribution in [0.1, 0.15) is 38.7 Å². The lowest BCUT2D eigenvalue weighted by molar-refractivity contribution is -0.723. The number of benzene rings is 1. The summed E-state index contributed by atoms with van der Waals surface area (Å²) in [4.78, 5) is 0. The van der Waals surface area contributed by atoms with Gasteiger partial charge in [0.05, 0.1) is 0 Å². The van der Waals surface area contributed by atoms with Crippen molar-refractivity contribution < 1.29 is 10.5 Å². The Hall–Kier alpha value is -1.61. The van der Waals surface area contributed by atoms with Crippen LogP contribution < -0.4 is 5.32 Å². The number of quaternary nitrogens is 1. The quantitative estimate of drug-likeness (QED) is 0.494. The summed E-state index contributed by atoms with van der Waals surface area (Å²) >= 11 is 0. The summed E-state index contributed by atoms with van der Waals surface area (Å²) in [6.07, 6.45) is 2.97. The van der Waals surface area contributed by atoms with Crippen LogP contribution in [0.2, 0.25) is 0 Å². The molecule has 1 aliphatic carbocycles. The second-order valence-electron chi connectivity index (χ2n) is 6.14. The van der Waals surface area contributed by atoms with Crippen molar-refractivity contribution in [1.82, 2.24) is 0 Å². The molecule has 0 amide bonds. The van der Waals surface area contributed by atoms with Crippen LogP contribution in [0.3, 0.4) is 0 Å². The summed E-state index contributed by atoms with van der Waals surface area (Å²) in [5, 5.41) is 15.2. The third kappa shape index (κ3) is 3.28. The van der Waals surface area contributed by atoms with E-state index >= 15 is 0 Å². The molecule has 0 aromatic heterocycles. The molecule has 0 unspecified atom stereocenters. The zero-order valence-electron chi connectivity index (χ0n) is 12.5. The number of hydrogen-bond donors (Lipinski definition) is 2. The van der Waals surface area contributed by atoms with Gasteiger partial charge in [0.2, 0.25) is 0 Å². The highest BCUT2D eigenvalue weighted by Crippen LogP contribution is 2.31. The van der Waals surface area contributed by atoms with Crippen LogP contribution in [0.25, 0.3) is 0 Å². The minimum absolute atomic E-state index is 0.101. The van der Waals surface area contributed by atoms with Gasteiger partial charge in [-0.05, 0) is 26.2 Å². The summed E-state index contributed by atoms with van der Waals surface area (Å²) in [7, 11) is 0. The fraction of sp³-hybridized carbons (Fsp3) is 0.471. The first-order valence-electron chi connectivity index (χ1n) is 7.30. The molecule has 0 radical (unpaired) electrons. The molecule has 0 aliphatic heterocycles. The van der Waals surface area contributed by atoms with Gasteiger partial charge in [-0.1, -0.05) is 47.6 Å². The van der Waals surface area contributed by atoms with Gasteiger partial charge in [-0.25, -0.2) is 0 Å². The van der Waals surface area contributed by atoms with Gasteiger partial charge >= 0.3 is 0 Å². The maximum atomic E-state index is 9.36. The van der Waals surface area contributed by atoms with E-state index in [1.807, 2.05) is 6.07 Å². The average Bonchev–Trinajstić information content (AvgIpc) is 2.46. The Morgan fingerprint density at radius 1 is 1.45 bits per heavy atom. The van der Waals surface area contributed by atoms with Crippen LogP contribution in [0.15, 0.2) is 47.6 Å². The summed E-state index contributed by atoms with van der Waals surface area (Å²) < 4.78 is 0. The summed E-state index contributed by atoms with van der Waals surface area (Å²) in [6.45, 7) is 9.20. The molecule has 108 valence electrons. The molecule has 1 saturated carbocycles. The van der Waals surface area contributed by atoms with Crippen molar-refractivity contribution in [3.05, 3.63) is 48.0 Å². The van der Waals surface area contributed by atoms with E-state index in [-0.39, 0.29) is 5.54 Å². The SMILES string of the molecule is C=C(C)[C@@H]1CC[C@](C)([NH2+]Cc2ccccc2)/C(=N\O)C1. The molecule has 1 aromatic carbocycles. The first kappa shape index (κ1) is 14.8. The summed E-state index contributed by atoms with van der Waals surface area (Å²) in [6, 6.07) is 10.4. The predicted molar refractivity (Wildman–Crippen MR) is 81.9 cm³/mol. The van der Waals surface area contributed by atoms with E-state index in [9.17, 15) is 5.21 Å². The maximum absolute atomic E-state index is 9.36. The van der Waals surface area contributed by atoms with Crippen LogP contribution >= 0.6 is 0 Å². The first-order chi connectivity index (χ1) is 9.55. The van der Waals surface area contributed by atoms with E-state index in [1.54, 1.807) is 0 Å². The molecule has 2 rings (SSSR count). The summed E-state index contributed by atoms with van der Waals surface area (Å²) in [5.41, 5.74) is 3.29. The normalized spacial score (nSPS) is 28.5. The zero-order valence-corrected chi connectivity index (χ0v) is 12.5. The minimum atomic E-state index is -0.101. The van der Waals surface area contributed by atoms with Gasteiger partial charge in [0.25, 0.3) is 0 Å². The molecule has 20 heavy (non-hydrogen) atoms. The number of hydrogen-bond acceptors (Lipinski definition) is 2. The molecule has 3 nitrogen and oxygen atoms in total. The van der Waals surface area contributed by atoms with Crippen molar-refractivity contribution in [3.8, 4) is 0 Å². The lowest BCUT2D eigenvalue weighted by Gasteiger charge is -2.36. The number of rotatable bonds is 4. The highest BCUT2D eigenvalue weighted by atomic mass is 16.4. The largest absolute Gasteiger partial charge is 0.411 e. The van der Waals surface area contributed by atoms with E-state index in [4.69, 9.17) is 0 Å². The molecule has 1 fully saturated rings. The Balaban J connectivity index is 2.04. The zero-order chi connectivity index (χ0) is 14.6. The van der Waals surface area contributed by atoms with Crippen LogP contribution in [0.5, 0.6) is 0 Å². The average molecular weight is 273 g/mol. The van der Waals surface area contributed by atoms with E-state index < -0.39 is 0 Å². The topological polar surface area (TPSA) is 49.2 Å². The van der Waals surface area contributed by atoms with Crippen molar-refractivity contribution in [2.75, 3.05) is 0 Å². The monoisotopic (exact) mass is 273 g/mol. The third-order valence-electron chi connectivity index (χ3n) is 4.56. The van der Waals surface area contributed by atoms with Crippen LogP contribution in [0.4, 0.5) is 0 Å². The van der Waals surface area contributed by atoms with Crippen molar-refractivity contribution in [3.63, 3.8) is 0 Å². The molecule has 3 heteroatoms. The fourth-order valence-corrected chi connectivity index (χ4v) is 2.94. The van der Waals surface area contributed by atoms with Crippen molar-refractivity contribution in [1.29, 1.82) is 0 Å². The lowest BCUT2D eigenvalue weighted by atomic mass is 9.74. The second kappa shape index (κ2) is 6.23. The molecular weight excluding hydrogens is 248 g/mol. The van der Waals surface area contributed by atoms with Gasteiger partial charge in [-0.3, -0.25) is 0 Å². The van der Waals surface area contributed by atoms with Crippen LogP contribution in [-0.4, -0.2) is 16.5 Å². The van der Waals surface area contributed by atoms with Gasteiger partial charge < -0.3 is 10.5 Å². The molecule has 3 N–H and O–H groups in total. The smallest absolute Gasteiger partial charge is 0.136 e. The third-order valence-corrected chi connectivity index (χ3v) is 4.56. The number of nitrogens with two attached hydrogens (primary N) is 1. The van der Waals surface area contributed by atoms with Crippen molar-refractivity contribution in [2.24, 2.45) is 11.1 Å². The Morgan fingerprint density at radius 3 is 2.75 bits per heavy atom. The molecule has 0 saturated heterocycles.